The number of hydrogen-bond donors (Lipinski definition) is 1. The van der Waals surface area contributed by atoms with Crippen molar-refractivity contribution in [2.24, 2.45) is 0 Å². The zero-order valence-corrected chi connectivity index (χ0v) is 21.2. The topological polar surface area (TPSA) is 85.7 Å². The number of hydrogen-bond acceptors (Lipinski definition) is 5. The number of anilines is 2. The Balaban J connectivity index is 0.00000199. The Morgan fingerprint density at radius 2 is 1.85 bits per heavy atom. The van der Waals surface area contributed by atoms with Crippen molar-refractivity contribution in [3.8, 4) is 11.8 Å². The highest BCUT2D eigenvalue weighted by molar-refractivity contribution is 7.81. The van der Waals surface area contributed by atoms with Crippen LogP contribution >= 0.6 is 23.8 Å². The number of amides is 2. The molecule has 0 aromatic heterocycles. The van der Waals surface area contributed by atoms with Crippen LogP contribution in [0.15, 0.2) is 36.4 Å². The van der Waals surface area contributed by atoms with Crippen molar-refractivity contribution in [3.05, 3.63) is 52.8 Å². The number of halogens is 2. The SMILES string of the molecule is CC.CNC(=O)CCOc1ccc(N2C(=S)N(c3ccc(C#N)c(Cl)c3F)C(=O)C2(C)C)cc1. The summed E-state index contributed by atoms with van der Waals surface area (Å²) in [5.41, 5.74) is -0.650. The highest BCUT2D eigenvalue weighted by Crippen LogP contribution is 2.39. The van der Waals surface area contributed by atoms with Crippen molar-refractivity contribution >= 4 is 52.1 Å². The molecule has 1 N–H and O–H groups in total. The lowest BCUT2D eigenvalue weighted by Gasteiger charge is -2.29. The van der Waals surface area contributed by atoms with Crippen LogP contribution in [0.4, 0.5) is 15.8 Å². The highest BCUT2D eigenvalue weighted by Gasteiger charge is 2.51. The molecule has 2 amide bonds. The highest BCUT2D eigenvalue weighted by atomic mass is 35.5. The van der Waals surface area contributed by atoms with Crippen LogP contribution in [0.2, 0.25) is 5.02 Å². The van der Waals surface area contributed by atoms with E-state index in [4.69, 9.17) is 33.8 Å². The molecular weight excluding hydrogens is 479 g/mol. The molecule has 0 radical (unpaired) electrons. The molecule has 1 aliphatic heterocycles. The van der Waals surface area contributed by atoms with Crippen molar-refractivity contribution in [2.75, 3.05) is 23.5 Å². The summed E-state index contributed by atoms with van der Waals surface area (Å²) >= 11 is 11.5. The molecule has 2 aromatic carbocycles. The van der Waals surface area contributed by atoms with Crippen molar-refractivity contribution in [3.63, 3.8) is 0 Å². The summed E-state index contributed by atoms with van der Waals surface area (Å²) in [6, 6.07) is 11.3. The minimum atomic E-state index is -1.11. The predicted molar refractivity (Wildman–Crippen MR) is 135 cm³/mol. The number of nitrogens with zero attached hydrogens (tertiary/aromatic N) is 3. The minimum absolute atomic E-state index is 0.0337. The van der Waals surface area contributed by atoms with Crippen LogP contribution in [-0.4, -0.2) is 36.1 Å². The second kappa shape index (κ2) is 11.3. The molecule has 0 bridgehead atoms. The van der Waals surface area contributed by atoms with Crippen molar-refractivity contribution in [1.82, 2.24) is 5.32 Å². The van der Waals surface area contributed by atoms with E-state index in [2.05, 4.69) is 5.32 Å². The van der Waals surface area contributed by atoms with E-state index < -0.39 is 17.3 Å². The molecule has 34 heavy (non-hydrogen) atoms. The first-order valence-corrected chi connectivity index (χ1v) is 11.4. The third-order valence-electron chi connectivity index (χ3n) is 5.06. The molecule has 7 nitrogen and oxygen atoms in total. The summed E-state index contributed by atoms with van der Waals surface area (Å²) in [6.07, 6.45) is 0.226. The van der Waals surface area contributed by atoms with Crippen molar-refractivity contribution < 1.29 is 18.7 Å². The molecule has 0 unspecified atom stereocenters. The molecule has 0 saturated carbocycles. The molecule has 3 rings (SSSR count). The minimum Gasteiger partial charge on any atom is -0.493 e. The predicted octanol–water partition coefficient (Wildman–Crippen LogP) is 4.81. The third-order valence-corrected chi connectivity index (χ3v) is 5.80. The van der Waals surface area contributed by atoms with Gasteiger partial charge in [0.2, 0.25) is 5.91 Å². The van der Waals surface area contributed by atoms with E-state index in [0.717, 1.165) is 4.90 Å². The van der Waals surface area contributed by atoms with Crippen LogP contribution in [0, 0.1) is 17.1 Å². The van der Waals surface area contributed by atoms with Gasteiger partial charge in [0, 0.05) is 12.7 Å². The second-order valence-corrected chi connectivity index (χ2v) is 8.20. The van der Waals surface area contributed by atoms with Gasteiger partial charge >= 0.3 is 0 Å². The van der Waals surface area contributed by atoms with Gasteiger partial charge in [-0.25, -0.2) is 4.39 Å². The average molecular weight is 505 g/mol. The normalized spacial score (nSPS) is 14.3. The van der Waals surface area contributed by atoms with Crippen molar-refractivity contribution in [2.45, 2.75) is 39.7 Å². The van der Waals surface area contributed by atoms with E-state index in [9.17, 15) is 14.0 Å². The molecule has 180 valence electrons. The molecule has 0 atom stereocenters. The first-order chi connectivity index (χ1) is 16.1. The Labute approximate surface area is 209 Å². The Kier molecular flexibility index (Phi) is 8.96. The Morgan fingerprint density at radius 1 is 1.24 bits per heavy atom. The van der Waals surface area contributed by atoms with Crippen LogP contribution in [-0.2, 0) is 9.59 Å². The van der Waals surface area contributed by atoms with Gasteiger partial charge in [0.1, 0.15) is 17.4 Å². The monoisotopic (exact) mass is 504 g/mol. The third kappa shape index (κ3) is 5.13. The maximum absolute atomic E-state index is 14.9. The standard InChI is InChI=1S/C22H20ClFN4O3S.C2H6/c1-22(2)20(30)27(16-9-4-13(12-25)18(23)19(16)24)21(32)28(22)14-5-7-15(8-6-14)31-11-10-17(29)26-3;1-2/h4-9H,10-11H2,1-3H3,(H,26,29);1-2H3. The van der Waals surface area contributed by atoms with Gasteiger partial charge in [-0.05, 0) is 62.5 Å². The molecule has 1 heterocycles. The maximum Gasteiger partial charge on any atom is 0.259 e. The zero-order chi connectivity index (χ0) is 25.6. The van der Waals surface area contributed by atoms with E-state index in [1.807, 2.05) is 13.8 Å². The number of rotatable bonds is 6. The van der Waals surface area contributed by atoms with Gasteiger partial charge in [0.05, 0.1) is 29.3 Å². The molecule has 0 spiro atoms. The lowest BCUT2D eigenvalue weighted by molar-refractivity contribution is -0.121. The smallest absolute Gasteiger partial charge is 0.259 e. The number of ether oxygens (including phenoxy) is 1. The average Bonchev–Trinajstić information content (AvgIpc) is 3.01. The summed E-state index contributed by atoms with van der Waals surface area (Å²) in [5, 5.41) is 11.3. The fourth-order valence-electron chi connectivity index (χ4n) is 3.32. The molecule has 2 aromatic rings. The van der Waals surface area contributed by atoms with Crippen LogP contribution in [0.25, 0.3) is 0 Å². The number of nitrogens with one attached hydrogen (secondary N) is 1. The number of benzene rings is 2. The van der Waals surface area contributed by atoms with Crippen LogP contribution < -0.4 is 19.9 Å². The van der Waals surface area contributed by atoms with Crippen LogP contribution in [0.5, 0.6) is 5.75 Å². The summed E-state index contributed by atoms with van der Waals surface area (Å²) in [6.45, 7) is 7.58. The molecule has 1 fully saturated rings. The van der Waals surface area contributed by atoms with E-state index in [1.165, 1.54) is 12.1 Å². The van der Waals surface area contributed by atoms with E-state index in [1.54, 1.807) is 56.1 Å². The van der Waals surface area contributed by atoms with E-state index >= 15 is 0 Å². The fraction of sp³-hybridized carbons (Fsp3) is 0.333. The first-order valence-electron chi connectivity index (χ1n) is 10.6. The van der Waals surface area contributed by atoms with Crippen LogP contribution in [0.3, 0.4) is 0 Å². The molecule has 0 aliphatic carbocycles. The van der Waals surface area contributed by atoms with Gasteiger partial charge in [0.15, 0.2) is 10.9 Å². The first kappa shape index (κ1) is 27.0. The van der Waals surface area contributed by atoms with E-state index in [-0.39, 0.29) is 40.3 Å². The van der Waals surface area contributed by atoms with Gasteiger partial charge in [-0.3, -0.25) is 14.5 Å². The van der Waals surface area contributed by atoms with Crippen molar-refractivity contribution in [1.29, 1.82) is 5.26 Å². The molecular formula is C24H26ClFN4O3S. The summed E-state index contributed by atoms with van der Waals surface area (Å²) < 4.78 is 20.4. The second-order valence-electron chi connectivity index (χ2n) is 7.46. The maximum atomic E-state index is 14.9. The quantitative estimate of drug-likeness (QED) is 0.568. The van der Waals surface area contributed by atoms with Gasteiger partial charge in [0.25, 0.3) is 5.91 Å². The summed E-state index contributed by atoms with van der Waals surface area (Å²) in [4.78, 5) is 27.2. The lowest BCUT2D eigenvalue weighted by Crippen LogP contribution is -2.44. The molecule has 1 aliphatic rings. The van der Waals surface area contributed by atoms with Crippen LogP contribution in [0.1, 0.15) is 39.7 Å². The Hall–Kier alpha value is -3.22. The summed E-state index contributed by atoms with van der Waals surface area (Å²) in [7, 11) is 1.56. The number of carbonyl (C=O) groups excluding carboxylic acids is 2. The zero-order valence-electron chi connectivity index (χ0n) is 19.6. The van der Waals surface area contributed by atoms with Gasteiger partial charge in [-0.15, -0.1) is 0 Å². The van der Waals surface area contributed by atoms with E-state index in [0.29, 0.717) is 11.4 Å². The Morgan fingerprint density at radius 3 is 2.41 bits per heavy atom. The Bertz CT molecular complexity index is 1130. The van der Waals surface area contributed by atoms with Gasteiger partial charge in [-0.2, -0.15) is 5.26 Å². The lowest BCUT2D eigenvalue weighted by atomic mass is 10.0. The number of nitriles is 1. The largest absolute Gasteiger partial charge is 0.493 e. The molecule has 1 saturated heterocycles. The molecule has 10 heteroatoms. The number of carbonyl (C=O) groups is 2. The van der Waals surface area contributed by atoms with Gasteiger partial charge < -0.3 is 15.0 Å². The van der Waals surface area contributed by atoms with Gasteiger partial charge in [-0.1, -0.05) is 25.4 Å². The summed E-state index contributed by atoms with van der Waals surface area (Å²) in [5.74, 6) is -0.903. The fourth-order valence-corrected chi connectivity index (χ4v) is 4.03. The number of thiocarbonyl (C=S) groups is 1.